The first kappa shape index (κ1) is 9.04. The average Bonchev–Trinajstić information content (AvgIpc) is 2.13. The zero-order valence-corrected chi connectivity index (χ0v) is 6.61. The van der Waals surface area contributed by atoms with E-state index >= 15 is 0 Å². The minimum Gasteiger partial charge on any atom is -0.211 e. The van der Waals surface area contributed by atoms with Crippen LogP contribution in [0, 0.1) is 17.8 Å². The van der Waals surface area contributed by atoms with Crippen molar-refractivity contribution in [1.29, 1.82) is 0 Å². The van der Waals surface area contributed by atoms with E-state index in [9.17, 15) is 4.39 Å². The molecule has 1 rings (SSSR count). The average molecular weight is 176 g/mol. The van der Waals surface area contributed by atoms with Crippen LogP contribution in [-0.2, 0) is 0 Å². The molecular weight excluding hydrogens is 171 g/mol. The predicted octanol–water partition coefficient (Wildman–Crippen LogP) is 1.88. The summed E-state index contributed by atoms with van der Waals surface area (Å²) in [6.07, 6.45) is 0. The summed E-state index contributed by atoms with van der Waals surface area (Å²) in [6.45, 7) is 0.0642. The van der Waals surface area contributed by atoms with E-state index in [0.29, 0.717) is 5.69 Å². The molecule has 0 saturated heterocycles. The van der Waals surface area contributed by atoms with Crippen molar-refractivity contribution in [3.63, 3.8) is 0 Å². The highest BCUT2D eigenvalue weighted by Gasteiger charge is 1.90. The molecular formula is C8H5FN4. The molecule has 0 N–H and O–H groups in total. The summed E-state index contributed by atoms with van der Waals surface area (Å²) in [5.74, 6) is 4.51. The Bertz CT molecular complexity index is 398. The Morgan fingerprint density at radius 3 is 3.15 bits per heavy atom. The van der Waals surface area contributed by atoms with Crippen LogP contribution in [0.5, 0.6) is 0 Å². The number of rotatable bonds is 1. The topological polar surface area (TPSA) is 61.7 Å². The number of pyridine rings is 1. The molecule has 13 heavy (non-hydrogen) atoms. The summed E-state index contributed by atoms with van der Waals surface area (Å²) in [7, 11) is 0. The Balaban J connectivity index is 2.71. The molecule has 0 atom stereocenters. The van der Waals surface area contributed by atoms with Gasteiger partial charge < -0.3 is 0 Å². The Morgan fingerprint density at radius 1 is 1.62 bits per heavy atom. The van der Waals surface area contributed by atoms with Crippen molar-refractivity contribution < 1.29 is 4.39 Å². The first-order valence-electron chi connectivity index (χ1n) is 3.45. The highest BCUT2D eigenvalue weighted by Crippen LogP contribution is 1.94. The second-order valence-corrected chi connectivity index (χ2v) is 2.04. The van der Waals surface area contributed by atoms with Crippen LogP contribution < -0.4 is 0 Å². The van der Waals surface area contributed by atoms with Crippen molar-refractivity contribution in [2.24, 2.45) is 5.11 Å². The molecule has 4 nitrogen and oxygen atoms in total. The van der Waals surface area contributed by atoms with Gasteiger partial charge in [0.05, 0.1) is 6.54 Å². The molecule has 0 fully saturated rings. The van der Waals surface area contributed by atoms with Gasteiger partial charge in [-0.15, -0.1) is 0 Å². The van der Waals surface area contributed by atoms with Crippen LogP contribution in [0.25, 0.3) is 10.4 Å². The van der Waals surface area contributed by atoms with Crippen molar-refractivity contribution in [2.75, 3.05) is 6.54 Å². The largest absolute Gasteiger partial charge is 0.214 e. The fourth-order valence-corrected chi connectivity index (χ4v) is 0.675. The van der Waals surface area contributed by atoms with Crippen LogP contribution in [-0.4, -0.2) is 11.5 Å². The zero-order valence-electron chi connectivity index (χ0n) is 6.61. The lowest BCUT2D eigenvalue weighted by Gasteiger charge is -1.87. The van der Waals surface area contributed by atoms with Crippen LogP contribution in [0.2, 0.25) is 0 Å². The van der Waals surface area contributed by atoms with Gasteiger partial charge in [-0.2, -0.15) is 4.39 Å². The summed E-state index contributed by atoms with van der Waals surface area (Å²) in [5.41, 5.74) is 8.25. The molecule has 0 spiro atoms. The summed E-state index contributed by atoms with van der Waals surface area (Å²) in [4.78, 5) is 6.01. The Kier molecular flexibility index (Phi) is 3.31. The Labute approximate surface area is 74.0 Å². The van der Waals surface area contributed by atoms with Gasteiger partial charge in [0, 0.05) is 4.91 Å². The molecule has 1 heterocycles. The normalized spacial score (nSPS) is 8.08. The third-order valence-corrected chi connectivity index (χ3v) is 1.14. The molecule has 1 aromatic heterocycles. The third-order valence-electron chi connectivity index (χ3n) is 1.14. The van der Waals surface area contributed by atoms with Crippen LogP contribution in [0.3, 0.4) is 0 Å². The highest BCUT2D eigenvalue weighted by atomic mass is 19.1. The molecule has 0 bridgehead atoms. The van der Waals surface area contributed by atoms with Gasteiger partial charge in [-0.3, -0.25) is 0 Å². The van der Waals surface area contributed by atoms with Crippen molar-refractivity contribution in [2.45, 2.75) is 0 Å². The van der Waals surface area contributed by atoms with Crippen molar-refractivity contribution >= 4 is 0 Å². The Hall–Kier alpha value is -2.05. The zero-order chi connectivity index (χ0) is 9.52. The lowest BCUT2D eigenvalue weighted by molar-refractivity contribution is 0.582. The van der Waals surface area contributed by atoms with Gasteiger partial charge >= 0.3 is 0 Å². The first-order valence-corrected chi connectivity index (χ1v) is 3.45. The van der Waals surface area contributed by atoms with E-state index in [0.717, 1.165) is 0 Å². The van der Waals surface area contributed by atoms with Crippen LogP contribution in [0.4, 0.5) is 4.39 Å². The lowest BCUT2D eigenvalue weighted by Crippen LogP contribution is -1.85. The molecule has 0 aliphatic rings. The molecule has 0 radical (unpaired) electrons. The van der Waals surface area contributed by atoms with E-state index in [1.807, 2.05) is 0 Å². The van der Waals surface area contributed by atoms with Gasteiger partial charge in [0.25, 0.3) is 0 Å². The number of aromatic nitrogens is 1. The standard InChI is InChI=1S/C8H5FN4/c9-8-5-1-3-7(12-8)4-2-6-11-13-10/h1,3,5H,6H2. The van der Waals surface area contributed by atoms with Crippen LogP contribution >= 0.6 is 0 Å². The van der Waals surface area contributed by atoms with Gasteiger partial charge in [0.15, 0.2) is 0 Å². The second kappa shape index (κ2) is 4.75. The van der Waals surface area contributed by atoms with E-state index in [2.05, 4.69) is 26.9 Å². The highest BCUT2D eigenvalue weighted by molar-refractivity contribution is 5.27. The maximum Gasteiger partial charge on any atom is 0.214 e. The summed E-state index contributed by atoms with van der Waals surface area (Å²) in [6, 6.07) is 4.32. The van der Waals surface area contributed by atoms with Gasteiger partial charge in [0.2, 0.25) is 5.95 Å². The minimum absolute atomic E-state index is 0.0642. The Morgan fingerprint density at radius 2 is 2.46 bits per heavy atom. The molecule has 0 unspecified atom stereocenters. The number of hydrogen-bond donors (Lipinski definition) is 0. The van der Waals surface area contributed by atoms with Crippen LogP contribution in [0.1, 0.15) is 5.69 Å². The minimum atomic E-state index is -0.574. The maximum absolute atomic E-state index is 12.5. The van der Waals surface area contributed by atoms with Gasteiger partial charge in [-0.05, 0) is 23.6 Å². The SMILES string of the molecule is [N-]=[N+]=NCC#Cc1cccc(F)n1. The maximum atomic E-state index is 12.5. The smallest absolute Gasteiger partial charge is 0.211 e. The molecule has 0 aliphatic heterocycles. The van der Waals surface area contributed by atoms with Crippen molar-refractivity contribution in [1.82, 2.24) is 4.98 Å². The summed E-state index contributed by atoms with van der Waals surface area (Å²) in [5, 5.41) is 3.19. The third kappa shape index (κ3) is 3.23. The fourth-order valence-electron chi connectivity index (χ4n) is 0.675. The monoisotopic (exact) mass is 176 g/mol. The van der Waals surface area contributed by atoms with Gasteiger partial charge in [-0.1, -0.05) is 17.1 Å². The molecule has 5 heteroatoms. The van der Waals surface area contributed by atoms with Gasteiger partial charge in [-0.25, -0.2) is 4.98 Å². The van der Waals surface area contributed by atoms with E-state index in [1.54, 1.807) is 6.07 Å². The lowest BCUT2D eigenvalue weighted by atomic mass is 10.3. The van der Waals surface area contributed by atoms with E-state index in [-0.39, 0.29) is 6.54 Å². The summed E-state index contributed by atoms with van der Waals surface area (Å²) >= 11 is 0. The van der Waals surface area contributed by atoms with Crippen LogP contribution in [0.15, 0.2) is 23.3 Å². The molecule has 0 saturated carbocycles. The van der Waals surface area contributed by atoms with Crippen molar-refractivity contribution in [3.05, 3.63) is 40.3 Å². The number of hydrogen-bond acceptors (Lipinski definition) is 2. The van der Waals surface area contributed by atoms with E-state index in [4.69, 9.17) is 5.53 Å². The molecule has 0 amide bonds. The molecule has 0 aliphatic carbocycles. The molecule has 64 valence electrons. The first-order chi connectivity index (χ1) is 6.33. The number of halogens is 1. The molecule has 1 aromatic rings. The quantitative estimate of drug-likeness (QED) is 0.212. The number of azide groups is 1. The van der Waals surface area contributed by atoms with E-state index in [1.165, 1.54) is 12.1 Å². The second-order valence-electron chi connectivity index (χ2n) is 2.04. The van der Waals surface area contributed by atoms with Crippen molar-refractivity contribution in [3.8, 4) is 11.8 Å². The predicted molar refractivity (Wildman–Crippen MR) is 45.1 cm³/mol. The summed E-state index contributed by atoms with van der Waals surface area (Å²) < 4.78 is 12.5. The van der Waals surface area contributed by atoms with E-state index < -0.39 is 5.95 Å². The van der Waals surface area contributed by atoms with Gasteiger partial charge in [0.1, 0.15) is 5.69 Å². The molecule has 0 aromatic carbocycles. The fraction of sp³-hybridized carbons (Fsp3) is 0.125. The number of nitrogens with zero attached hydrogens (tertiary/aromatic N) is 4.